The SMILES string of the molecule is O=C(O)/C=C/C(=O)O.O=C(c1ccc2ncccc2c1)N1C[C@@H]2CNC[C@@H](C2)C1. The first kappa shape index (κ1) is 20.5. The maximum Gasteiger partial charge on any atom is 0.328 e. The van der Waals surface area contributed by atoms with E-state index in [1.54, 1.807) is 6.20 Å². The second-order valence-corrected chi connectivity index (χ2v) is 7.26. The average molecular weight is 397 g/mol. The minimum absolute atomic E-state index is 0.164. The Morgan fingerprint density at radius 1 is 1.03 bits per heavy atom. The van der Waals surface area contributed by atoms with Gasteiger partial charge in [0.05, 0.1) is 5.52 Å². The van der Waals surface area contributed by atoms with Crippen molar-refractivity contribution in [3.05, 3.63) is 54.2 Å². The fraction of sp³-hybridized carbons (Fsp3) is 0.333. The Bertz CT molecular complexity index is 915. The quantitative estimate of drug-likeness (QED) is 0.673. The van der Waals surface area contributed by atoms with Crippen LogP contribution in [0.3, 0.4) is 0 Å². The van der Waals surface area contributed by atoms with Crippen molar-refractivity contribution in [2.75, 3.05) is 26.2 Å². The predicted molar refractivity (Wildman–Crippen MR) is 107 cm³/mol. The molecule has 0 spiro atoms. The summed E-state index contributed by atoms with van der Waals surface area (Å²) in [5.41, 5.74) is 1.72. The zero-order valence-electron chi connectivity index (χ0n) is 15.8. The van der Waals surface area contributed by atoms with Gasteiger partial charge in [-0.2, -0.15) is 0 Å². The number of carboxylic acid groups (broad SMARTS) is 2. The Kier molecular flexibility index (Phi) is 6.56. The van der Waals surface area contributed by atoms with Crippen LogP contribution in [0, 0.1) is 11.8 Å². The number of hydrogen-bond donors (Lipinski definition) is 3. The lowest BCUT2D eigenvalue weighted by atomic mass is 9.85. The lowest BCUT2D eigenvalue weighted by Gasteiger charge is -2.41. The van der Waals surface area contributed by atoms with Crippen molar-refractivity contribution in [1.29, 1.82) is 0 Å². The van der Waals surface area contributed by atoms with E-state index >= 15 is 0 Å². The van der Waals surface area contributed by atoms with Gasteiger partial charge in [-0.15, -0.1) is 0 Å². The Morgan fingerprint density at radius 2 is 1.69 bits per heavy atom. The molecule has 3 heterocycles. The number of aromatic nitrogens is 1. The minimum atomic E-state index is -1.26. The van der Waals surface area contributed by atoms with Crippen LogP contribution in [0.15, 0.2) is 48.7 Å². The molecule has 29 heavy (non-hydrogen) atoms. The van der Waals surface area contributed by atoms with Crippen LogP contribution in [-0.2, 0) is 9.59 Å². The normalized spacial score (nSPS) is 20.8. The van der Waals surface area contributed by atoms with Crippen molar-refractivity contribution in [2.45, 2.75) is 6.42 Å². The van der Waals surface area contributed by atoms with Crippen molar-refractivity contribution >= 4 is 28.7 Å². The van der Waals surface area contributed by atoms with Crippen LogP contribution in [-0.4, -0.2) is 64.1 Å². The molecule has 2 atom stereocenters. The summed E-state index contributed by atoms with van der Waals surface area (Å²) in [5, 5.41) is 20.1. The maximum absolute atomic E-state index is 12.8. The molecule has 1 aromatic heterocycles. The van der Waals surface area contributed by atoms with Gasteiger partial charge in [0.1, 0.15) is 0 Å². The molecule has 8 nitrogen and oxygen atoms in total. The predicted octanol–water partition coefficient (Wildman–Crippen LogP) is 1.63. The smallest absolute Gasteiger partial charge is 0.328 e. The molecular formula is C21H23N3O5. The molecule has 3 N–H and O–H groups in total. The summed E-state index contributed by atoms with van der Waals surface area (Å²) in [6.07, 6.45) is 4.16. The molecule has 8 heteroatoms. The highest BCUT2D eigenvalue weighted by Crippen LogP contribution is 2.26. The van der Waals surface area contributed by atoms with Gasteiger partial charge in [-0.1, -0.05) is 6.07 Å². The highest BCUT2D eigenvalue weighted by atomic mass is 16.4. The summed E-state index contributed by atoms with van der Waals surface area (Å²) in [4.78, 5) is 38.2. The van der Waals surface area contributed by atoms with Gasteiger partial charge in [-0.25, -0.2) is 9.59 Å². The second-order valence-electron chi connectivity index (χ2n) is 7.26. The van der Waals surface area contributed by atoms with Crippen LogP contribution in [0.2, 0.25) is 0 Å². The first-order valence-corrected chi connectivity index (χ1v) is 9.41. The second kappa shape index (κ2) is 9.29. The number of rotatable bonds is 3. The molecule has 0 aliphatic carbocycles. The third kappa shape index (κ3) is 5.61. The molecule has 2 aromatic rings. The summed E-state index contributed by atoms with van der Waals surface area (Å²) in [6, 6.07) is 9.73. The topological polar surface area (TPSA) is 120 Å². The zero-order valence-corrected chi connectivity index (χ0v) is 15.8. The summed E-state index contributed by atoms with van der Waals surface area (Å²) < 4.78 is 0. The first-order valence-electron chi connectivity index (χ1n) is 9.41. The molecule has 2 aliphatic rings. The van der Waals surface area contributed by atoms with E-state index < -0.39 is 11.9 Å². The molecular weight excluding hydrogens is 374 g/mol. The molecule has 2 fully saturated rings. The molecule has 0 radical (unpaired) electrons. The average Bonchev–Trinajstić information content (AvgIpc) is 2.71. The van der Waals surface area contributed by atoms with Crippen LogP contribution >= 0.6 is 0 Å². The van der Waals surface area contributed by atoms with Crippen molar-refractivity contribution in [3.63, 3.8) is 0 Å². The standard InChI is InChI=1S/C17H19N3O.C4H4O4/c21-17(20-10-12-6-13(11-20)9-18-8-12)15-3-4-16-14(7-15)2-1-5-19-16;5-3(6)1-2-4(7)8/h1-5,7,12-13,18H,6,8-11H2;1-2H,(H,5,6)(H,7,8)/b;2-1+/t12-,13+;. The van der Waals surface area contributed by atoms with E-state index in [1.807, 2.05) is 35.2 Å². The molecule has 4 rings (SSSR count). The largest absolute Gasteiger partial charge is 0.478 e. The van der Waals surface area contributed by atoms with Gasteiger partial charge >= 0.3 is 11.9 Å². The van der Waals surface area contributed by atoms with Crippen molar-refractivity contribution in [3.8, 4) is 0 Å². The molecule has 0 saturated carbocycles. The number of piperidine rings is 2. The summed E-state index contributed by atoms with van der Waals surface area (Å²) >= 11 is 0. The van der Waals surface area contributed by atoms with Gasteiger partial charge < -0.3 is 20.4 Å². The van der Waals surface area contributed by atoms with Gasteiger partial charge in [0.15, 0.2) is 0 Å². The van der Waals surface area contributed by atoms with Crippen LogP contribution in [0.1, 0.15) is 16.8 Å². The molecule has 0 unspecified atom stereocenters. The fourth-order valence-corrected chi connectivity index (χ4v) is 3.81. The van der Waals surface area contributed by atoms with E-state index in [0.717, 1.165) is 42.6 Å². The lowest BCUT2D eigenvalue weighted by molar-refractivity contribution is -0.134. The number of nitrogens with zero attached hydrogens (tertiary/aromatic N) is 2. The number of carboxylic acids is 2. The van der Waals surface area contributed by atoms with Gasteiger partial charge in [-0.3, -0.25) is 9.78 Å². The monoisotopic (exact) mass is 397 g/mol. The molecule has 1 aromatic carbocycles. The molecule has 2 bridgehead atoms. The number of likely N-dealkylation sites (tertiary alicyclic amines) is 1. The van der Waals surface area contributed by atoms with E-state index in [2.05, 4.69) is 10.3 Å². The number of aliphatic carboxylic acids is 2. The molecule has 152 valence electrons. The van der Waals surface area contributed by atoms with Gasteiger partial charge in [0, 0.05) is 42.4 Å². The first-order chi connectivity index (χ1) is 13.9. The van der Waals surface area contributed by atoms with Crippen molar-refractivity contribution in [2.24, 2.45) is 11.8 Å². The Labute approximate surface area is 167 Å². The summed E-state index contributed by atoms with van der Waals surface area (Å²) in [5.74, 6) is -1.12. The van der Waals surface area contributed by atoms with Crippen molar-refractivity contribution < 1.29 is 24.6 Å². The van der Waals surface area contributed by atoms with Crippen LogP contribution in [0.4, 0.5) is 0 Å². The van der Waals surface area contributed by atoms with Gasteiger partial charge in [-0.05, 0) is 55.6 Å². The molecule has 2 saturated heterocycles. The van der Waals surface area contributed by atoms with E-state index in [9.17, 15) is 14.4 Å². The summed E-state index contributed by atoms with van der Waals surface area (Å²) in [7, 11) is 0. The Hall–Kier alpha value is -3.26. The molecule has 1 amide bonds. The summed E-state index contributed by atoms with van der Waals surface area (Å²) in [6.45, 7) is 3.85. The highest BCUT2D eigenvalue weighted by molar-refractivity contribution is 5.98. The maximum atomic E-state index is 12.8. The Balaban J connectivity index is 0.000000258. The zero-order chi connectivity index (χ0) is 20.8. The molecule has 2 aliphatic heterocycles. The third-order valence-corrected chi connectivity index (χ3v) is 5.00. The minimum Gasteiger partial charge on any atom is -0.478 e. The van der Waals surface area contributed by atoms with E-state index in [0.29, 0.717) is 24.0 Å². The highest BCUT2D eigenvalue weighted by Gasteiger charge is 2.32. The van der Waals surface area contributed by atoms with E-state index in [-0.39, 0.29) is 5.91 Å². The number of carbonyl (C=O) groups excluding carboxylic acids is 1. The number of pyridine rings is 1. The number of benzene rings is 1. The number of fused-ring (bicyclic) bond motifs is 3. The van der Waals surface area contributed by atoms with Crippen molar-refractivity contribution in [1.82, 2.24) is 15.2 Å². The van der Waals surface area contributed by atoms with Crippen LogP contribution in [0.5, 0.6) is 0 Å². The van der Waals surface area contributed by atoms with Gasteiger partial charge in [0.25, 0.3) is 5.91 Å². The van der Waals surface area contributed by atoms with E-state index in [1.165, 1.54) is 6.42 Å². The van der Waals surface area contributed by atoms with Crippen LogP contribution < -0.4 is 5.32 Å². The van der Waals surface area contributed by atoms with Crippen LogP contribution in [0.25, 0.3) is 10.9 Å². The lowest BCUT2D eigenvalue weighted by Crippen LogP contribution is -2.52. The number of carbonyl (C=O) groups is 3. The number of hydrogen-bond acceptors (Lipinski definition) is 5. The van der Waals surface area contributed by atoms with Gasteiger partial charge in [0.2, 0.25) is 0 Å². The number of amides is 1. The Morgan fingerprint density at radius 3 is 2.31 bits per heavy atom. The van der Waals surface area contributed by atoms with E-state index in [4.69, 9.17) is 10.2 Å². The fourth-order valence-electron chi connectivity index (χ4n) is 3.81. The number of nitrogens with one attached hydrogen (secondary N) is 1. The third-order valence-electron chi connectivity index (χ3n) is 5.00.